The number of likely N-dealkylation sites (tertiary alicyclic amines) is 1. The summed E-state index contributed by atoms with van der Waals surface area (Å²) in [5.74, 6) is 1.42. The molecule has 0 N–H and O–H groups in total. The van der Waals surface area contributed by atoms with Crippen molar-refractivity contribution in [3.63, 3.8) is 0 Å². The van der Waals surface area contributed by atoms with Crippen LogP contribution < -0.4 is 5.56 Å². The van der Waals surface area contributed by atoms with E-state index in [0.717, 1.165) is 98.4 Å². The molecule has 2 aromatic heterocycles. The fraction of sp³-hybridized carbons (Fsp3) is 0.542. The lowest BCUT2D eigenvalue weighted by Crippen LogP contribution is -2.37. The Labute approximate surface area is 176 Å². The number of hydrogen-bond acceptors (Lipinski definition) is 5. The van der Waals surface area contributed by atoms with Crippen LogP contribution in [0.1, 0.15) is 59.9 Å². The van der Waals surface area contributed by atoms with Crippen LogP contribution in [0.25, 0.3) is 11.0 Å². The summed E-state index contributed by atoms with van der Waals surface area (Å²) < 4.78 is 7.49. The normalized spacial score (nSPS) is 18.1. The quantitative estimate of drug-likeness (QED) is 0.660. The maximum Gasteiger partial charge on any atom is 0.256 e. The summed E-state index contributed by atoms with van der Waals surface area (Å²) in [6, 6.07) is 6.34. The van der Waals surface area contributed by atoms with Crippen molar-refractivity contribution in [2.24, 2.45) is 0 Å². The molecule has 6 nitrogen and oxygen atoms in total. The molecule has 158 valence electrons. The molecule has 4 heterocycles. The second-order valence-corrected chi connectivity index (χ2v) is 8.94. The first-order valence-electron chi connectivity index (χ1n) is 11.3. The zero-order valence-electron chi connectivity index (χ0n) is 18.0. The van der Waals surface area contributed by atoms with E-state index in [0.29, 0.717) is 5.92 Å². The summed E-state index contributed by atoms with van der Waals surface area (Å²) in [6.07, 6.45) is 6.10. The van der Waals surface area contributed by atoms with Gasteiger partial charge in [0.1, 0.15) is 5.82 Å². The van der Waals surface area contributed by atoms with Crippen LogP contribution in [-0.4, -0.2) is 39.2 Å². The predicted octanol–water partition coefficient (Wildman–Crippen LogP) is 3.76. The molecule has 2 aliphatic rings. The lowest BCUT2D eigenvalue weighted by atomic mass is 9.91. The van der Waals surface area contributed by atoms with Gasteiger partial charge in [0.15, 0.2) is 5.58 Å². The van der Waals surface area contributed by atoms with Crippen molar-refractivity contribution in [1.82, 2.24) is 19.6 Å². The predicted molar refractivity (Wildman–Crippen MR) is 117 cm³/mol. The van der Waals surface area contributed by atoms with Crippen molar-refractivity contribution < 1.29 is 4.52 Å². The summed E-state index contributed by atoms with van der Waals surface area (Å²) in [5, 5.41) is 5.55. The summed E-state index contributed by atoms with van der Waals surface area (Å²) in [6.45, 7) is 7.88. The number of aryl methyl sites for hydroxylation is 3. The van der Waals surface area contributed by atoms with Gasteiger partial charge in [-0.15, -0.1) is 0 Å². The molecule has 0 amide bonds. The van der Waals surface area contributed by atoms with Crippen LogP contribution in [-0.2, 0) is 19.4 Å². The number of nitrogens with zero attached hydrogens (tertiary/aromatic N) is 4. The molecule has 0 saturated carbocycles. The van der Waals surface area contributed by atoms with Crippen molar-refractivity contribution in [1.29, 1.82) is 0 Å². The highest BCUT2D eigenvalue weighted by atomic mass is 16.5. The average molecular weight is 407 g/mol. The molecule has 5 rings (SSSR count). The lowest BCUT2D eigenvalue weighted by Gasteiger charge is -2.31. The molecule has 0 atom stereocenters. The van der Waals surface area contributed by atoms with Crippen LogP contribution in [0.2, 0.25) is 0 Å². The standard InChI is InChI=1S/C24H30N4O2/c1-16-6-7-20-21(15-16)30-26-23(20)18-8-12-27(13-9-18)14-10-19-17(2)25-22-5-3-4-11-28(22)24(19)29/h6-7,15,18H,3-5,8-14H2,1-2H3. The Kier molecular flexibility index (Phi) is 5.19. The summed E-state index contributed by atoms with van der Waals surface area (Å²) in [7, 11) is 0. The first kappa shape index (κ1) is 19.5. The second kappa shape index (κ2) is 7.99. The molecule has 1 aromatic carbocycles. The smallest absolute Gasteiger partial charge is 0.256 e. The van der Waals surface area contributed by atoms with E-state index in [2.05, 4.69) is 35.2 Å². The van der Waals surface area contributed by atoms with Gasteiger partial charge in [-0.2, -0.15) is 0 Å². The van der Waals surface area contributed by atoms with E-state index < -0.39 is 0 Å². The number of benzene rings is 1. The van der Waals surface area contributed by atoms with Crippen LogP contribution in [0.15, 0.2) is 27.5 Å². The summed E-state index contributed by atoms with van der Waals surface area (Å²) in [4.78, 5) is 20.2. The fourth-order valence-electron chi connectivity index (χ4n) is 5.08. The Bertz CT molecular complexity index is 1120. The zero-order valence-corrected chi connectivity index (χ0v) is 18.0. The largest absolute Gasteiger partial charge is 0.356 e. The number of fused-ring (bicyclic) bond motifs is 2. The summed E-state index contributed by atoms with van der Waals surface area (Å²) in [5.41, 5.74) is 5.22. The van der Waals surface area contributed by atoms with Crippen molar-refractivity contribution in [2.45, 2.75) is 64.8 Å². The molecule has 2 aliphatic heterocycles. The Morgan fingerprint density at radius 3 is 2.80 bits per heavy atom. The maximum absolute atomic E-state index is 12.9. The third-order valence-corrected chi connectivity index (χ3v) is 6.89. The highest BCUT2D eigenvalue weighted by Crippen LogP contribution is 2.32. The van der Waals surface area contributed by atoms with E-state index in [9.17, 15) is 4.79 Å². The van der Waals surface area contributed by atoms with Crippen LogP contribution in [0.4, 0.5) is 0 Å². The molecule has 3 aromatic rings. The molecule has 0 bridgehead atoms. The minimum Gasteiger partial charge on any atom is -0.356 e. The molecule has 0 aliphatic carbocycles. The monoisotopic (exact) mass is 406 g/mol. The van der Waals surface area contributed by atoms with Gasteiger partial charge < -0.3 is 9.42 Å². The van der Waals surface area contributed by atoms with E-state index in [-0.39, 0.29) is 5.56 Å². The zero-order chi connectivity index (χ0) is 20.7. The average Bonchev–Trinajstić information content (AvgIpc) is 3.17. The van der Waals surface area contributed by atoms with Crippen molar-refractivity contribution in [3.8, 4) is 0 Å². The molecule has 6 heteroatoms. The topological polar surface area (TPSA) is 64.2 Å². The molecule has 30 heavy (non-hydrogen) atoms. The number of aromatic nitrogens is 3. The number of piperidine rings is 1. The molecule has 0 unspecified atom stereocenters. The van der Waals surface area contributed by atoms with Crippen LogP contribution in [0, 0.1) is 13.8 Å². The maximum atomic E-state index is 12.9. The van der Waals surface area contributed by atoms with Gasteiger partial charge in [0, 0.05) is 42.1 Å². The fourth-order valence-corrected chi connectivity index (χ4v) is 5.08. The minimum atomic E-state index is 0.191. The highest BCUT2D eigenvalue weighted by Gasteiger charge is 2.25. The van der Waals surface area contributed by atoms with Gasteiger partial charge in [-0.05, 0) is 76.7 Å². The first-order valence-corrected chi connectivity index (χ1v) is 11.3. The van der Waals surface area contributed by atoms with Gasteiger partial charge >= 0.3 is 0 Å². The Hall–Kier alpha value is -2.47. The minimum absolute atomic E-state index is 0.191. The molecule has 1 fully saturated rings. The van der Waals surface area contributed by atoms with Gasteiger partial charge in [0.25, 0.3) is 5.56 Å². The van der Waals surface area contributed by atoms with Crippen LogP contribution >= 0.6 is 0 Å². The van der Waals surface area contributed by atoms with Gasteiger partial charge in [-0.25, -0.2) is 4.98 Å². The van der Waals surface area contributed by atoms with E-state index >= 15 is 0 Å². The van der Waals surface area contributed by atoms with Crippen molar-refractivity contribution in [3.05, 3.63) is 56.9 Å². The van der Waals surface area contributed by atoms with Gasteiger partial charge in [-0.1, -0.05) is 11.2 Å². The number of rotatable bonds is 4. The third kappa shape index (κ3) is 3.58. The Balaban J connectivity index is 1.23. The van der Waals surface area contributed by atoms with E-state index in [1.165, 1.54) is 5.56 Å². The van der Waals surface area contributed by atoms with Gasteiger partial charge in [0.05, 0.1) is 5.69 Å². The SMILES string of the molecule is Cc1ccc2c(C3CCN(CCc4c(C)nc5n(c4=O)CCCC5)CC3)noc2c1. The lowest BCUT2D eigenvalue weighted by molar-refractivity contribution is 0.211. The van der Waals surface area contributed by atoms with Crippen LogP contribution in [0.5, 0.6) is 0 Å². The van der Waals surface area contributed by atoms with E-state index in [1.807, 2.05) is 11.5 Å². The van der Waals surface area contributed by atoms with Crippen molar-refractivity contribution >= 4 is 11.0 Å². The Morgan fingerprint density at radius 1 is 1.13 bits per heavy atom. The van der Waals surface area contributed by atoms with E-state index in [1.54, 1.807) is 0 Å². The Morgan fingerprint density at radius 2 is 1.97 bits per heavy atom. The first-order chi connectivity index (χ1) is 14.6. The number of hydrogen-bond donors (Lipinski definition) is 0. The highest BCUT2D eigenvalue weighted by molar-refractivity contribution is 5.80. The van der Waals surface area contributed by atoms with Gasteiger partial charge in [0.2, 0.25) is 0 Å². The molecule has 0 radical (unpaired) electrons. The molecule has 1 saturated heterocycles. The van der Waals surface area contributed by atoms with Gasteiger partial charge in [-0.3, -0.25) is 9.36 Å². The molecular formula is C24H30N4O2. The molecular weight excluding hydrogens is 376 g/mol. The summed E-state index contributed by atoms with van der Waals surface area (Å²) >= 11 is 0. The van der Waals surface area contributed by atoms with E-state index in [4.69, 9.17) is 9.51 Å². The third-order valence-electron chi connectivity index (χ3n) is 6.89. The van der Waals surface area contributed by atoms with Crippen molar-refractivity contribution in [2.75, 3.05) is 19.6 Å². The second-order valence-electron chi connectivity index (χ2n) is 8.94. The van der Waals surface area contributed by atoms with Crippen LogP contribution in [0.3, 0.4) is 0 Å². The molecule has 0 spiro atoms.